The Labute approximate surface area is 55.1 Å². The first-order valence-corrected chi connectivity index (χ1v) is 3.41. The molecular weight excluding hydrogens is 142 g/mol. The third kappa shape index (κ3) is 18.3. The Hall–Kier alpha value is -0.303. The van der Waals surface area contributed by atoms with Gasteiger partial charge in [-0.15, -0.1) is 0 Å². The van der Waals surface area contributed by atoms with E-state index in [1.165, 1.54) is 0 Å². The van der Waals surface area contributed by atoms with Crippen LogP contribution in [0.1, 0.15) is 0 Å². The van der Waals surface area contributed by atoms with Crippen molar-refractivity contribution in [1.82, 2.24) is 0 Å². The molecule has 0 aromatic rings. The van der Waals surface area contributed by atoms with Crippen LogP contribution in [0.5, 0.6) is 0 Å². The second-order valence-corrected chi connectivity index (χ2v) is 1.43. The van der Waals surface area contributed by atoms with Gasteiger partial charge in [0.1, 0.15) is 6.10 Å². The Kier molecular flexibility index (Phi) is 13.6. The minimum atomic E-state index is -1.00. The zero-order valence-electron chi connectivity index (χ0n) is 4.90. The van der Waals surface area contributed by atoms with Crippen molar-refractivity contribution in [3.63, 3.8) is 0 Å². The Balaban J connectivity index is 0. The summed E-state index contributed by atoms with van der Waals surface area (Å²) in [4.78, 5) is 0. The van der Waals surface area contributed by atoms with Crippen LogP contribution in [0.15, 0.2) is 0 Å². The van der Waals surface area contributed by atoms with Crippen LogP contribution < -0.4 is 5.40 Å². The van der Waals surface area contributed by atoms with Crippen molar-refractivity contribution in [3.8, 4) is 0 Å². The fraction of sp³-hybridized carbons (Fsp3) is 1.00. The van der Waals surface area contributed by atoms with Crippen molar-refractivity contribution in [2.45, 2.75) is 6.10 Å². The summed E-state index contributed by atoms with van der Waals surface area (Å²) in [5, 5.41) is 28.4. The van der Waals surface area contributed by atoms with Crippen LogP contribution in [0.2, 0.25) is 0 Å². The van der Waals surface area contributed by atoms with Gasteiger partial charge < -0.3 is 25.2 Å². The summed E-state index contributed by atoms with van der Waals surface area (Å²) < 4.78 is 8.79. The smallest absolute Gasteiger partial charge is 0.374 e. The van der Waals surface area contributed by atoms with Crippen LogP contribution in [-0.2, 0) is 4.46 Å². The molecule has 0 saturated carbocycles. The van der Waals surface area contributed by atoms with Crippen LogP contribution in [-0.4, -0.2) is 44.2 Å². The summed E-state index contributed by atoms with van der Waals surface area (Å²) in [6.07, 6.45) is -0.954. The van der Waals surface area contributed by atoms with Gasteiger partial charge in [-0.2, -0.15) is 0 Å². The molecule has 0 radical (unpaired) electrons. The molecule has 0 heterocycles. The summed E-state index contributed by atoms with van der Waals surface area (Å²) in [7, 11) is -1.00. The molecule has 0 aromatic carbocycles. The standard InChI is InChI=1S/C3H8O3.H3NOSi/c4-1-3(6)2-5;1-3-2/h3-6H,1-2H2;3H,1H2. The van der Waals surface area contributed by atoms with Gasteiger partial charge in [0.05, 0.1) is 13.2 Å². The summed E-state index contributed by atoms with van der Waals surface area (Å²) in [6.45, 7) is -0.729. The van der Waals surface area contributed by atoms with Gasteiger partial charge in [-0.05, 0) is 0 Å². The van der Waals surface area contributed by atoms with Crippen molar-refractivity contribution in [1.29, 1.82) is 0 Å². The number of hydrogen-bond acceptors (Lipinski definition) is 4. The van der Waals surface area contributed by atoms with Gasteiger partial charge in [-0.1, -0.05) is 0 Å². The predicted molar refractivity (Wildman–Crippen MR) is 32.2 cm³/mol. The molecule has 56 valence electrons. The topological polar surface area (TPSA) is 104 Å². The second-order valence-electron chi connectivity index (χ2n) is 1.16. The third-order valence-corrected chi connectivity index (χ3v) is 0.421. The molecule has 0 fully saturated rings. The van der Waals surface area contributed by atoms with Crippen molar-refractivity contribution < 1.29 is 19.8 Å². The first-order chi connectivity index (χ1) is 4.22. The summed E-state index contributed by atoms with van der Waals surface area (Å²) in [6, 6.07) is 0. The van der Waals surface area contributed by atoms with Gasteiger partial charge in [0.15, 0.2) is 0 Å². The SMILES string of the molecule is N[SiH]=O.OCC(O)CO. The average molecular weight is 153 g/mol. The fourth-order valence-electron chi connectivity index (χ4n) is 0.0577. The zero-order chi connectivity index (χ0) is 7.70. The van der Waals surface area contributed by atoms with Gasteiger partial charge >= 0.3 is 9.57 Å². The summed E-state index contributed by atoms with van der Waals surface area (Å²) in [5.41, 5.74) is 0. The molecule has 6 heteroatoms. The minimum absolute atomic E-state index is 0.365. The van der Waals surface area contributed by atoms with Gasteiger partial charge in [0.2, 0.25) is 0 Å². The highest BCUT2D eigenvalue weighted by atomic mass is 28.2. The highest BCUT2D eigenvalue weighted by Gasteiger charge is 1.93. The molecule has 0 bridgehead atoms. The van der Waals surface area contributed by atoms with Gasteiger partial charge in [-0.3, -0.25) is 0 Å². The molecule has 0 aromatic heterocycles. The molecule has 0 spiro atoms. The van der Waals surface area contributed by atoms with Crippen molar-refractivity contribution in [2.75, 3.05) is 13.2 Å². The Morgan fingerprint density at radius 1 is 1.44 bits per heavy atom. The Morgan fingerprint density at radius 3 is 1.67 bits per heavy atom. The van der Waals surface area contributed by atoms with E-state index in [4.69, 9.17) is 19.8 Å². The summed E-state index contributed by atoms with van der Waals surface area (Å²) >= 11 is 0. The van der Waals surface area contributed by atoms with E-state index in [0.717, 1.165) is 0 Å². The van der Waals surface area contributed by atoms with Gasteiger partial charge in [0, 0.05) is 0 Å². The van der Waals surface area contributed by atoms with E-state index in [1.54, 1.807) is 0 Å². The van der Waals surface area contributed by atoms with Crippen molar-refractivity contribution in [3.05, 3.63) is 0 Å². The maximum Gasteiger partial charge on any atom is 0.374 e. The quantitative estimate of drug-likeness (QED) is 0.316. The lowest BCUT2D eigenvalue weighted by molar-refractivity contribution is 0.0450. The van der Waals surface area contributed by atoms with Crippen LogP contribution in [0.3, 0.4) is 0 Å². The summed E-state index contributed by atoms with van der Waals surface area (Å²) in [5.74, 6) is 0. The molecule has 0 amide bonds. The van der Waals surface area contributed by atoms with Gasteiger partial charge in [-0.25, -0.2) is 0 Å². The molecule has 0 saturated heterocycles. The molecule has 0 aliphatic heterocycles. The Morgan fingerprint density at radius 2 is 1.67 bits per heavy atom. The number of aliphatic hydroxyl groups is 3. The first-order valence-electron chi connectivity index (χ1n) is 2.28. The van der Waals surface area contributed by atoms with Crippen LogP contribution in [0.25, 0.3) is 0 Å². The predicted octanol–water partition coefficient (Wildman–Crippen LogP) is -3.03. The molecule has 5 nitrogen and oxygen atoms in total. The third-order valence-electron chi connectivity index (χ3n) is 0.421. The van der Waals surface area contributed by atoms with E-state index in [9.17, 15) is 0 Å². The van der Waals surface area contributed by atoms with E-state index in [1.807, 2.05) is 0 Å². The number of hydrogen-bond donors (Lipinski definition) is 4. The molecule has 0 aliphatic carbocycles. The monoisotopic (exact) mass is 153 g/mol. The lowest BCUT2D eigenvalue weighted by Gasteiger charge is -1.96. The molecule has 9 heavy (non-hydrogen) atoms. The maximum atomic E-state index is 8.79. The average Bonchev–Trinajstić information content (AvgIpc) is 1.88. The maximum absolute atomic E-state index is 8.79. The lowest BCUT2D eigenvalue weighted by Crippen LogP contribution is -2.15. The van der Waals surface area contributed by atoms with E-state index in [0.29, 0.717) is 0 Å². The highest BCUT2D eigenvalue weighted by Crippen LogP contribution is 1.71. The van der Waals surface area contributed by atoms with E-state index < -0.39 is 15.7 Å². The molecule has 0 aliphatic rings. The highest BCUT2D eigenvalue weighted by molar-refractivity contribution is 6.11. The lowest BCUT2D eigenvalue weighted by atomic mass is 10.4. The second kappa shape index (κ2) is 10.6. The largest absolute Gasteiger partial charge is 0.405 e. The van der Waals surface area contributed by atoms with Gasteiger partial charge in [0.25, 0.3) is 0 Å². The zero-order valence-corrected chi connectivity index (χ0v) is 6.05. The van der Waals surface area contributed by atoms with Crippen LogP contribution in [0, 0.1) is 0 Å². The Bertz CT molecular complexity index is 57.8. The molecular formula is C3H11NO4Si. The molecule has 0 unspecified atom stereocenters. The van der Waals surface area contributed by atoms with E-state index in [2.05, 4.69) is 5.40 Å². The first kappa shape index (κ1) is 11.5. The minimum Gasteiger partial charge on any atom is -0.405 e. The number of nitrogens with two attached hydrogens (primary N) is 1. The molecule has 0 rings (SSSR count). The molecule has 5 N–H and O–H groups in total. The van der Waals surface area contributed by atoms with Crippen molar-refractivity contribution in [2.24, 2.45) is 5.40 Å². The number of aliphatic hydroxyl groups excluding tert-OH is 3. The van der Waals surface area contributed by atoms with Crippen LogP contribution in [0.4, 0.5) is 0 Å². The van der Waals surface area contributed by atoms with E-state index >= 15 is 0 Å². The molecule has 0 atom stereocenters. The number of rotatable bonds is 2. The van der Waals surface area contributed by atoms with E-state index in [-0.39, 0.29) is 13.2 Å². The van der Waals surface area contributed by atoms with Crippen LogP contribution >= 0.6 is 0 Å². The normalized spacial score (nSPS) is 8.00. The van der Waals surface area contributed by atoms with Crippen molar-refractivity contribution >= 4 is 9.57 Å². The fourth-order valence-corrected chi connectivity index (χ4v) is 0.0577.